The smallest absolute Gasteiger partial charge is 0.237 e. The topological polar surface area (TPSA) is 81.6 Å². The number of primary amides is 1. The van der Waals surface area contributed by atoms with Crippen LogP contribution in [0.15, 0.2) is 18.2 Å². The van der Waals surface area contributed by atoms with Crippen LogP contribution in [0.1, 0.15) is 16.7 Å². The summed E-state index contributed by atoms with van der Waals surface area (Å²) in [6.07, 6.45) is 0. The molecular formula is C14H19N3O2S. The van der Waals surface area contributed by atoms with Crippen LogP contribution in [0.4, 0.5) is 0 Å². The van der Waals surface area contributed by atoms with Gasteiger partial charge in [0.25, 0.3) is 0 Å². The van der Waals surface area contributed by atoms with Gasteiger partial charge >= 0.3 is 0 Å². The molecule has 20 heavy (non-hydrogen) atoms. The molecule has 6 heteroatoms. The van der Waals surface area contributed by atoms with Gasteiger partial charge in [-0.25, -0.2) is 0 Å². The Morgan fingerprint density at radius 3 is 2.85 bits per heavy atom. The van der Waals surface area contributed by atoms with Crippen LogP contribution >= 0.6 is 12.2 Å². The Morgan fingerprint density at radius 1 is 1.50 bits per heavy atom. The second-order valence-electron chi connectivity index (χ2n) is 4.97. The summed E-state index contributed by atoms with van der Waals surface area (Å²) in [6, 6.07) is 5.51. The summed E-state index contributed by atoms with van der Waals surface area (Å²) in [7, 11) is 0. The highest BCUT2D eigenvalue weighted by Gasteiger charge is 2.27. The van der Waals surface area contributed by atoms with Gasteiger partial charge in [-0.05, 0) is 24.1 Å². The lowest BCUT2D eigenvalue weighted by molar-refractivity contribution is -0.129. The lowest BCUT2D eigenvalue weighted by atomic mass is 10.0. The van der Waals surface area contributed by atoms with Crippen LogP contribution in [-0.4, -0.2) is 41.6 Å². The van der Waals surface area contributed by atoms with Crippen LogP contribution in [0.5, 0.6) is 0 Å². The van der Waals surface area contributed by atoms with E-state index in [2.05, 4.69) is 4.90 Å². The van der Waals surface area contributed by atoms with Crippen LogP contribution in [0, 0.1) is 6.92 Å². The van der Waals surface area contributed by atoms with Crippen molar-refractivity contribution in [3.8, 4) is 0 Å². The molecule has 0 bridgehead atoms. The van der Waals surface area contributed by atoms with Gasteiger partial charge in [-0.15, -0.1) is 0 Å². The van der Waals surface area contributed by atoms with E-state index in [1.165, 1.54) is 0 Å². The average Bonchev–Trinajstić information content (AvgIpc) is 2.41. The van der Waals surface area contributed by atoms with Gasteiger partial charge in [-0.3, -0.25) is 9.69 Å². The molecular weight excluding hydrogens is 274 g/mol. The molecule has 1 heterocycles. The van der Waals surface area contributed by atoms with Crippen molar-refractivity contribution in [2.45, 2.75) is 19.5 Å². The minimum atomic E-state index is -0.363. The first kappa shape index (κ1) is 14.9. The molecule has 5 nitrogen and oxygen atoms in total. The number of rotatable bonds is 4. The number of thiocarbonyl (C=S) groups is 1. The highest BCUT2D eigenvalue weighted by molar-refractivity contribution is 7.80. The maximum atomic E-state index is 11.5. The Bertz CT molecular complexity index is 533. The number of aryl methyl sites for hydroxylation is 1. The zero-order valence-electron chi connectivity index (χ0n) is 11.5. The fourth-order valence-electron chi connectivity index (χ4n) is 2.33. The van der Waals surface area contributed by atoms with Gasteiger partial charge in [0.15, 0.2) is 0 Å². The molecule has 0 aromatic heterocycles. The maximum absolute atomic E-state index is 11.5. The molecule has 1 saturated heterocycles. The Kier molecular flexibility index (Phi) is 4.69. The number of nitrogens with two attached hydrogens (primary N) is 2. The molecule has 1 fully saturated rings. The third-order valence-electron chi connectivity index (χ3n) is 3.57. The molecule has 1 aromatic rings. The molecule has 1 aliphatic rings. The molecule has 1 aromatic carbocycles. The van der Waals surface area contributed by atoms with Crippen molar-refractivity contribution in [3.05, 3.63) is 34.9 Å². The van der Waals surface area contributed by atoms with Crippen LogP contribution < -0.4 is 11.5 Å². The molecule has 0 saturated carbocycles. The SMILES string of the molecule is Cc1cc(C(N)=S)ccc1CN1CCOCC1C(N)=O. The first-order valence-corrected chi connectivity index (χ1v) is 6.90. The minimum Gasteiger partial charge on any atom is -0.389 e. The van der Waals surface area contributed by atoms with Gasteiger partial charge in [0.1, 0.15) is 11.0 Å². The van der Waals surface area contributed by atoms with E-state index in [0.29, 0.717) is 31.3 Å². The number of carbonyl (C=O) groups is 1. The molecule has 2 rings (SSSR count). The van der Waals surface area contributed by atoms with Gasteiger partial charge in [0.05, 0.1) is 13.2 Å². The van der Waals surface area contributed by atoms with Gasteiger partial charge in [-0.1, -0.05) is 24.4 Å². The summed E-state index contributed by atoms with van der Waals surface area (Å²) < 4.78 is 5.32. The van der Waals surface area contributed by atoms with Gasteiger partial charge in [0, 0.05) is 18.7 Å². The van der Waals surface area contributed by atoms with E-state index in [4.69, 9.17) is 28.4 Å². The largest absolute Gasteiger partial charge is 0.389 e. The number of hydrogen-bond donors (Lipinski definition) is 2. The second kappa shape index (κ2) is 6.30. The van der Waals surface area contributed by atoms with Crippen molar-refractivity contribution in [2.75, 3.05) is 19.8 Å². The lowest BCUT2D eigenvalue weighted by Crippen LogP contribution is -2.51. The Balaban J connectivity index is 2.16. The second-order valence-corrected chi connectivity index (χ2v) is 5.41. The molecule has 0 spiro atoms. The maximum Gasteiger partial charge on any atom is 0.237 e. The van der Waals surface area contributed by atoms with Crippen LogP contribution in [0.25, 0.3) is 0 Å². The van der Waals surface area contributed by atoms with Crippen LogP contribution in [-0.2, 0) is 16.1 Å². The number of carbonyl (C=O) groups excluding carboxylic acids is 1. The highest BCUT2D eigenvalue weighted by Crippen LogP contribution is 2.17. The van der Waals surface area contributed by atoms with Crippen molar-refractivity contribution >= 4 is 23.1 Å². The monoisotopic (exact) mass is 293 g/mol. The number of amides is 1. The molecule has 0 aliphatic carbocycles. The number of morpholine rings is 1. The van der Waals surface area contributed by atoms with E-state index < -0.39 is 0 Å². The van der Waals surface area contributed by atoms with Gasteiger partial charge in [0.2, 0.25) is 5.91 Å². The fourth-order valence-corrected chi connectivity index (χ4v) is 2.46. The van der Waals surface area contributed by atoms with Crippen molar-refractivity contribution in [1.29, 1.82) is 0 Å². The van der Waals surface area contributed by atoms with E-state index >= 15 is 0 Å². The van der Waals surface area contributed by atoms with Gasteiger partial charge < -0.3 is 16.2 Å². The van der Waals surface area contributed by atoms with Gasteiger partial charge in [-0.2, -0.15) is 0 Å². The van der Waals surface area contributed by atoms with Crippen LogP contribution in [0.3, 0.4) is 0 Å². The normalized spacial score (nSPS) is 19.8. The summed E-state index contributed by atoms with van der Waals surface area (Å²) in [4.78, 5) is 13.9. The van der Waals surface area contributed by atoms with Crippen molar-refractivity contribution in [3.63, 3.8) is 0 Å². The quantitative estimate of drug-likeness (QED) is 0.781. The zero-order chi connectivity index (χ0) is 14.7. The molecule has 108 valence electrons. The van der Waals surface area contributed by atoms with E-state index in [1.807, 2.05) is 25.1 Å². The van der Waals surface area contributed by atoms with E-state index in [9.17, 15) is 4.79 Å². The minimum absolute atomic E-state index is 0.345. The molecule has 1 aliphatic heterocycles. The summed E-state index contributed by atoms with van der Waals surface area (Å²) >= 11 is 4.97. The van der Waals surface area contributed by atoms with E-state index in [0.717, 1.165) is 16.7 Å². The zero-order valence-corrected chi connectivity index (χ0v) is 12.3. The standard InChI is InChI=1S/C14H19N3O2S/c1-9-6-10(14(16)20)2-3-11(9)7-17-4-5-19-8-12(17)13(15)18/h2-3,6,12H,4-5,7-8H2,1H3,(H2,15,18)(H2,16,20). The number of nitrogens with zero attached hydrogens (tertiary/aromatic N) is 1. The predicted octanol–water partition coefficient (Wildman–Crippen LogP) is 0.315. The third kappa shape index (κ3) is 3.33. The molecule has 4 N–H and O–H groups in total. The van der Waals surface area contributed by atoms with E-state index in [-0.39, 0.29) is 11.9 Å². The summed E-state index contributed by atoms with van der Waals surface area (Å²) in [5.74, 6) is -0.345. The first-order chi connectivity index (χ1) is 9.49. The first-order valence-electron chi connectivity index (χ1n) is 6.49. The lowest BCUT2D eigenvalue weighted by Gasteiger charge is -2.33. The Hall–Kier alpha value is -1.50. The van der Waals surface area contributed by atoms with Crippen molar-refractivity contribution < 1.29 is 9.53 Å². The summed E-state index contributed by atoms with van der Waals surface area (Å²) in [6.45, 7) is 4.36. The Morgan fingerprint density at radius 2 is 2.25 bits per heavy atom. The summed E-state index contributed by atoms with van der Waals surface area (Å²) in [5, 5.41) is 0. The molecule has 1 atom stereocenters. The highest BCUT2D eigenvalue weighted by atomic mass is 32.1. The number of ether oxygens (including phenoxy) is 1. The third-order valence-corrected chi connectivity index (χ3v) is 3.80. The van der Waals surface area contributed by atoms with Crippen molar-refractivity contribution in [2.24, 2.45) is 11.5 Å². The molecule has 1 unspecified atom stereocenters. The number of benzene rings is 1. The fraction of sp³-hybridized carbons (Fsp3) is 0.429. The number of hydrogen-bond acceptors (Lipinski definition) is 4. The van der Waals surface area contributed by atoms with Crippen molar-refractivity contribution in [1.82, 2.24) is 4.90 Å². The van der Waals surface area contributed by atoms with Crippen LogP contribution in [0.2, 0.25) is 0 Å². The average molecular weight is 293 g/mol. The molecule has 0 radical (unpaired) electrons. The molecule has 1 amide bonds. The summed E-state index contributed by atoms with van der Waals surface area (Å²) in [5.41, 5.74) is 14.1. The predicted molar refractivity (Wildman–Crippen MR) is 81.3 cm³/mol. The van der Waals surface area contributed by atoms with E-state index in [1.54, 1.807) is 0 Å². The Labute approximate surface area is 123 Å².